The highest BCUT2D eigenvalue weighted by Crippen LogP contribution is 2.61. The van der Waals surface area contributed by atoms with E-state index in [1.165, 1.54) is 50.5 Å². The highest BCUT2D eigenvalue weighted by Gasteiger charge is 2.55. The predicted octanol–water partition coefficient (Wildman–Crippen LogP) is 5.31. The molecule has 29 heavy (non-hydrogen) atoms. The molecule has 3 heteroatoms. The van der Waals surface area contributed by atoms with Crippen molar-refractivity contribution in [2.45, 2.75) is 83.2 Å². The van der Waals surface area contributed by atoms with Gasteiger partial charge in [0.15, 0.2) is 0 Å². The van der Waals surface area contributed by atoms with Gasteiger partial charge < -0.3 is 10.6 Å². The van der Waals surface area contributed by atoms with Crippen LogP contribution in [0.5, 0.6) is 0 Å². The van der Waals surface area contributed by atoms with E-state index in [9.17, 15) is 4.79 Å². The van der Waals surface area contributed by atoms with Gasteiger partial charge in [-0.2, -0.15) is 0 Å². The van der Waals surface area contributed by atoms with Gasteiger partial charge in [0.1, 0.15) is 0 Å². The summed E-state index contributed by atoms with van der Waals surface area (Å²) in [6.45, 7) is 3.53. The monoisotopic (exact) mass is 394 g/mol. The third-order valence-corrected chi connectivity index (χ3v) is 9.48. The van der Waals surface area contributed by atoms with Crippen LogP contribution in [0.25, 0.3) is 0 Å². The second kappa shape index (κ2) is 7.72. The molecule has 0 bridgehead atoms. The lowest BCUT2D eigenvalue weighted by atomic mass is 9.54. The Hall–Kier alpha value is -1.35. The van der Waals surface area contributed by atoms with Crippen LogP contribution in [0.4, 0.5) is 0 Å². The Kier molecular flexibility index (Phi) is 5.22. The van der Waals surface area contributed by atoms with Crippen molar-refractivity contribution in [3.63, 3.8) is 0 Å². The Morgan fingerprint density at radius 2 is 1.83 bits per heavy atom. The Morgan fingerprint density at radius 3 is 2.66 bits per heavy atom. The Labute approximate surface area is 176 Å². The molecule has 3 aliphatic carbocycles. The van der Waals surface area contributed by atoms with Crippen molar-refractivity contribution in [3.05, 3.63) is 35.9 Å². The summed E-state index contributed by atoms with van der Waals surface area (Å²) < 4.78 is 0. The van der Waals surface area contributed by atoms with Crippen LogP contribution in [0.15, 0.2) is 30.3 Å². The van der Waals surface area contributed by atoms with Crippen molar-refractivity contribution >= 4 is 5.91 Å². The number of likely N-dealkylation sites (tertiary alicyclic amines) is 1. The first-order chi connectivity index (χ1) is 14.1. The van der Waals surface area contributed by atoms with Gasteiger partial charge in [0.25, 0.3) is 0 Å². The molecule has 1 amide bonds. The summed E-state index contributed by atoms with van der Waals surface area (Å²) in [5, 5.41) is 0. The second-order valence-corrected chi connectivity index (χ2v) is 10.7. The number of rotatable bonds is 3. The number of amides is 1. The molecule has 7 atom stereocenters. The van der Waals surface area contributed by atoms with Gasteiger partial charge in [-0.05, 0) is 86.0 Å². The highest BCUT2D eigenvalue weighted by molar-refractivity contribution is 5.77. The number of hydrogen-bond donors (Lipinski definition) is 1. The maximum atomic E-state index is 13.0. The van der Waals surface area contributed by atoms with Crippen LogP contribution < -0.4 is 5.73 Å². The van der Waals surface area contributed by atoms with E-state index in [0.29, 0.717) is 23.3 Å². The SMILES string of the molecule is CC12CCC3C(N)CCCC3C1CCC2CN1C(=O)CCCC1c1ccccc1. The molecule has 4 aliphatic rings. The molecular formula is C26H38N2O. The lowest BCUT2D eigenvalue weighted by Crippen LogP contribution is -2.51. The van der Waals surface area contributed by atoms with Gasteiger partial charge in [-0.25, -0.2) is 0 Å². The average Bonchev–Trinajstić information content (AvgIpc) is 3.07. The van der Waals surface area contributed by atoms with Crippen LogP contribution in [-0.4, -0.2) is 23.4 Å². The molecule has 0 spiro atoms. The topological polar surface area (TPSA) is 46.3 Å². The molecule has 1 saturated heterocycles. The van der Waals surface area contributed by atoms with Crippen LogP contribution in [0, 0.1) is 29.1 Å². The minimum absolute atomic E-state index is 0.277. The molecule has 3 saturated carbocycles. The zero-order valence-electron chi connectivity index (χ0n) is 18.1. The normalized spacial score (nSPS) is 42.4. The summed E-state index contributed by atoms with van der Waals surface area (Å²) in [6, 6.07) is 11.4. The molecule has 1 heterocycles. The Morgan fingerprint density at radius 1 is 1.00 bits per heavy atom. The first kappa shape index (κ1) is 19.6. The summed E-state index contributed by atoms with van der Waals surface area (Å²) in [4.78, 5) is 15.3. The number of nitrogens with two attached hydrogens (primary N) is 1. The van der Waals surface area contributed by atoms with E-state index in [1.807, 2.05) is 0 Å². The predicted molar refractivity (Wildman–Crippen MR) is 117 cm³/mol. The number of carbonyl (C=O) groups excluding carboxylic acids is 1. The van der Waals surface area contributed by atoms with E-state index in [2.05, 4.69) is 42.2 Å². The second-order valence-electron chi connectivity index (χ2n) is 10.7. The fourth-order valence-electron chi connectivity index (χ4n) is 7.88. The van der Waals surface area contributed by atoms with E-state index in [4.69, 9.17) is 5.73 Å². The van der Waals surface area contributed by atoms with Crippen molar-refractivity contribution in [3.8, 4) is 0 Å². The van der Waals surface area contributed by atoms with Crippen LogP contribution >= 0.6 is 0 Å². The van der Waals surface area contributed by atoms with Gasteiger partial charge in [0.2, 0.25) is 5.91 Å². The quantitative estimate of drug-likeness (QED) is 0.755. The number of carbonyl (C=O) groups is 1. The highest BCUT2D eigenvalue weighted by atomic mass is 16.2. The molecular weight excluding hydrogens is 356 g/mol. The van der Waals surface area contributed by atoms with Crippen LogP contribution in [0.3, 0.4) is 0 Å². The average molecular weight is 395 g/mol. The summed E-state index contributed by atoms with van der Waals surface area (Å²) >= 11 is 0. The van der Waals surface area contributed by atoms with Crippen LogP contribution in [0.2, 0.25) is 0 Å². The zero-order valence-corrected chi connectivity index (χ0v) is 18.1. The van der Waals surface area contributed by atoms with Crippen molar-refractivity contribution in [2.24, 2.45) is 34.8 Å². The number of nitrogens with zero attached hydrogens (tertiary/aromatic N) is 1. The van der Waals surface area contributed by atoms with E-state index >= 15 is 0 Å². The van der Waals surface area contributed by atoms with E-state index < -0.39 is 0 Å². The molecule has 0 aromatic heterocycles. The van der Waals surface area contributed by atoms with E-state index in [0.717, 1.165) is 43.6 Å². The zero-order chi connectivity index (χ0) is 20.0. The molecule has 1 aromatic rings. The maximum absolute atomic E-state index is 13.0. The lowest BCUT2D eigenvalue weighted by molar-refractivity contribution is -0.138. The summed E-state index contributed by atoms with van der Waals surface area (Å²) in [5.74, 6) is 3.46. The maximum Gasteiger partial charge on any atom is 0.223 e. The van der Waals surface area contributed by atoms with Crippen molar-refractivity contribution in [1.82, 2.24) is 4.90 Å². The minimum atomic E-state index is 0.277. The van der Waals surface area contributed by atoms with E-state index in [1.54, 1.807) is 0 Å². The Bertz CT molecular complexity index is 733. The molecule has 5 rings (SSSR count). The van der Waals surface area contributed by atoms with Crippen LogP contribution in [0.1, 0.15) is 82.7 Å². The van der Waals surface area contributed by atoms with Crippen LogP contribution in [-0.2, 0) is 4.79 Å². The van der Waals surface area contributed by atoms with Crippen molar-refractivity contribution < 1.29 is 4.79 Å². The summed E-state index contributed by atoms with van der Waals surface area (Å²) in [6.07, 6.45) is 12.1. The van der Waals surface area contributed by atoms with E-state index in [-0.39, 0.29) is 6.04 Å². The van der Waals surface area contributed by atoms with Gasteiger partial charge >= 0.3 is 0 Å². The third-order valence-electron chi connectivity index (χ3n) is 9.48. The smallest absolute Gasteiger partial charge is 0.223 e. The van der Waals surface area contributed by atoms with Gasteiger partial charge in [0, 0.05) is 19.0 Å². The molecule has 3 nitrogen and oxygen atoms in total. The minimum Gasteiger partial charge on any atom is -0.335 e. The van der Waals surface area contributed by atoms with Crippen molar-refractivity contribution in [1.29, 1.82) is 0 Å². The molecule has 1 aromatic carbocycles. The third kappa shape index (κ3) is 3.34. The number of fused-ring (bicyclic) bond motifs is 3. The number of hydrogen-bond acceptors (Lipinski definition) is 2. The lowest BCUT2D eigenvalue weighted by Gasteiger charge is -2.53. The molecule has 158 valence electrons. The standard InChI is InChI=1S/C26H38N2O/c1-26-16-15-21-20(9-5-10-23(21)27)22(26)14-13-19(26)17-28-24(11-6-12-25(28)29)18-7-3-2-4-8-18/h2-4,7-8,19-24H,5-6,9-17,27H2,1H3. The van der Waals surface area contributed by atoms with Gasteiger partial charge in [-0.1, -0.05) is 43.7 Å². The van der Waals surface area contributed by atoms with Gasteiger partial charge in [-0.15, -0.1) is 0 Å². The Balaban J connectivity index is 1.36. The molecule has 4 fully saturated rings. The molecule has 1 aliphatic heterocycles. The fourth-order valence-corrected chi connectivity index (χ4v) is 7.88. The number of piperidine rings is 1. The molecule has 2 N–H and O–H groups in total. The molecule has 7 unspecified atom stereocenters. The first-order valence-corrected chi connectivity index (χ1v) is 12.2. The molecule has 0 radical (unpaired) electrons. The van der Waals surface area contributed by atoms with Gasteiger partial charge in [0.05, 0.1) is 6.04 Å². The van der Waals surface area contributed by atoms with Crippen molar-refractivity contribution in [2.75, 3.05) is 6.54 Å². The number of benzene rings is 1. The summed E-state index contributed by atoms with van der Waals surface area (Å²) in [7, 11) is 0. The summed E-state index contributed by atoms with van der Waals surface area (Å²) in [5.41, 5.74) is 8.27. The van der Waals surface area contributed by atoms with Gasteiger partial charge in [-0.3, -0.25) is 4.79 Å². The first-order valence-electron chi connectivity index (χ1n) is 12.2. The fraction of sp³-hybridized carbons (Fsp3) is 0.731. The largest absolute Gasteiger partial charge is 0.335 e.